The highest BCUT2D eigenvalue weighted by molar-refractivity contribution is 5.91. The van der Waals surface area contributed by atoms with E-state index in [-0.39, 0.29) is 23.7 Å². The first-order valence-corrected chi connectivity index (χ1v) is 9.60. The van der Waals surface area contributed by atoms with Gasteiger partial charge in [0.2, 0.25) is 0 Å². The van der Waals surface area contributed by atoms with Gasteiger partial charge in [-0.2, -0.15) is 5.10 Å². The highest BCUT2D eigenvalue weighted by Gasteiger charge is 2.11. The zero-order chi connectivity index (χ0) is 22.9. The standard InChI is InChI=1S/C23H20N4O5/c1-16-3-2-4-19(13-16)24-15-22(28)26-25-14-17-5-11-21(12-6-17)32-23(29)18-7-9-20(10-8-18)27(30)31/h2-14,24H,15H2,1H3,(H,26,28). The molecule has 0 aromatic heterocycles. The molecule has 162 valence electrons. The molecule has 0 heterocycles. The van der Waals surface area contributed by atoms with Crippen molar-refractivity contribution in [2.24, 2.45) is 5.10 Å². The van der Waals surface area contributed by atoms with E-state index in [2.05, 4.69) is 15.8 Å². The van der Waals surface area contributed by atoms with Gasteiger partial charge >= 0.3 is 5.97 Å². The summed E-state index contributed by atoms with van der Waals surface area (Å²) in [6.45, 7) is 2.05. The second kappa shape index (κ2) is 10.5. The van der Waals surface area contributed by atoms with Crippen LogP contribution in [-0.4, -0.2) is 29.6 Å². The Bertz CT molecular complexity index is 1140. The minimum Gasteiger partial charge on any atom is -0.423 e. The van der Waals surface area contributed by atoms with E-state index in [9.17, 15) is 19.7 Å². The molecule has 0 atom stereocenters. The van der Waals surface area contributed by atoms with Crippen molar-refractivity contribution in [3.63, 3.8) is 0 Å². The number of nitro groups is 1. The predicted octanol–water partition coefficient (Wildman–Crippen LogP) is 3.68. The second-order valence-corrected chi connectivity index (χ2v) is 6.78. The zero-order valence-corrected chi connectivity index (χ0v) is 17.1. The summed E-state index contributed by atoms with van der Waals surface area (Å²) >= 11 is 0. The summed E-state index contributed by atoms with van der Waals surface area (Å²) in [4.78, 5) is 34.1. The SMILES string of the molecule is Cc1cccc(NCC(=O)NN=Cc2ccc(OC(=O)c3ccc([N+](=O)[O-])cc3)cc2)c1. The van der Waals surface area contributed by atoms with Crippen molar-refractivity contribution >= 4 is 29.5 Å². The number of carbonyl (C=O) groups is 2. The normalized spacial score (nSPS) is 10.5. The van der Waals surface area contributed by atoms with Crippen LogP contribution in [-0.2, 0) is 4.79 Å². The van der Waals surface area contributed by atoms with Crippen molar-refractivity contribution in [1.29, 1.82) is 0 Å². The lowest BCUT2D eigenvalue weighted by Crippen LogP contribution is -2.25. The number of nitro benzene ring substituents is 1. The third-order valence-electron chi connectivity index (χ3n) is 4.28. The molecule has 3 aromatic carbocycles. The van der Waals surface area contributed by atoms with Crippen LogP contribution in [0.2, 0.25) is 0 Å². The first kappa shape index (κ1) is 22.2. The lowest BCUT2D eigenvalue weighted by Gasteiger charge is -2.06. The summed E-state index contributed by atoms with van der Waals surface area (Å²) in [7, 11) is 0. The van der Waals surface area contributed by atoms with Gasteiger partial charge in [-0.15, -0.1) is 0 Å². The fraction of sp³-hybridized carbons (Fsp3) is 0.0870. The van der Waals surface area contributed by atoms with E-state index >= 15 is 0 Å². The Morgan fingerprint density at radius 2 is 1.78 bits per heavy atom. The molecule has 3 rings (SSSR count). The summed E-state index contributed by atoms with van der Waals surface area (Å²) < 4.78 is 5.25. The summed E-state index contributed by atoms with van der Waals surface area (Å²) in [5, 5.41) is 17.6. The molecule has 0 aliphatic rings. The molecule has 9 nitrogen and oxygen atoms in total. The van der Waals surface area contributed by atoms with Gasteiger partial charge in [0.25, 0.3) is 11.6 Å². The average molecular weight is 432 g/mol. The van der Waals surface area contributed by atoms with Crippen LogP contribution in [0.3, 0.4) is 0 Å². The van der Waals surface area contributed by atoms with Crippen molar-refractivity contribution < 1.29 is 19.2 Å². The number of hydrazone groups is 1. The number of esters is 1. The number of anilines is 1. The summed E-state index contributed by atoms with van der Waals surface area (Å²) in [5.41, 5.74) is 5.15. The predicted molar refractivity (Wildman–Crippen MR) is 120 cm³/mol. The molecular weight excluding hydrogens is 412 g/mol. The Hall–Kier alpha value is -4.53. The molecular formula is C23H20N4O5. The van der Waals surface area contributed by atoms with Crippen LogP contribution < -0.4 is 15.5 Å². The Kier molecular flexibility index (Phi) is 7.26. The number of hydrogen-bond acceptors (Lipinski definition) is 7. The van der Waals surface area contributed by atoms with Crippen LogP contribution in [0, 0.1) is 17.0 Å². The van der Waals surface area contributed by atoms with Crippen LogP contribution >= 0.6 is 0 Å². The summed E-state index contributed by atoms with van der Waals surface area (Å²) in [5.74, 6) is -0.622. The molecule has 0 saturated carbocycles. The molecule has 3 aromatic rings. The molecule has 0 saturated heterocycles. The van der Waals surface area contributed by atoms with E-state index in [1.54, 1.807) is 24.3 Å². The number of amides is 1. The summed E-state index contributed by atoms with van der Waals surface area (Å²) in [6, 6.07) is 19.3. The molecule has 9 heteroatoms. The van der Waals surface area contributed by atoms with E-state index < -0.39 is 10.9 Å². The lowest BCUT2D eigenvalue weighted by atomic mass is 10.2. The van der Waals surface area contributed by atoms with E-state index in [0.717, 1.165) is 11.3 Å². The molecule has 2 N–H and O–H groups in total. The minimum absolute atomic E-state index is 0.0817. The first-order valence-electron chi connectivity index (χ1n) is 9.60. The van der Waals surface area contributed by atoms with E-state index in [1.165, 1.54) is 30.5 Å². The highest BCUT2D eigenvalue weighted by atomic mass is 16.6. The Labute approximate surface area is 183 Å². The maximum Gasteiger partial charge on any atom is 0.343 e. The Balaban J connectivity index is 1.47. The summed E-state index contributed by atoms with van der Waals surface area (Å²) in [6.07, 6.45) is 1.46. The smallest absolute Gasteiger partial charge is 0.343 e. The van der Waals surface area contributed by atoms with Crippen LogP contribution in [0.15, 0.2) is 77.9 Å². The van der Waals surface area contributed by atoms with Gasteiger partial charge in [-0.1, -0.05) is 12.1 Å². The molecule has 0 aliphatic carbocycles. The van der Waals surface area contributed by atoms with Crippen LogP contribution in [0.1, 0.15) is 21.5 Å². The van der Waals surface area contributed by atoms with Crippen LogP contribution in [0.25, 0.3) is 0 Å². The van der Waals surface area contributed by atoms with Crippen molar-refractivity contribution in [3.8, 4) is 5.75 Å². The van der Waals surface area contributed by atoms with Crippen LogP contribution in [0.5, 0.6) is 5.75 Å². The van der Waals surface area contributed by atoms with Gasteiger partial charge in [0.05, 0.1) is 23.2 Å². The van der Waals surface area contributed by atoms with Gasteiger partial charge in [0.15, 0.2) is 0 Å². The zero-order valence-electron chi connectivity index (χ0n) is 17.1. The highest BCUT2D eigenvalue weighted by Crippen LogP contribution is 2.16. The molecule has 1 amide bonds. The molecule has 0 fully saturated rings. The number of aryl methyl sites for hydroxylation is 1. The van der Waals surface area contributed by atoms with Gasteiger partial charge < -0.3 is 10.1 Å². The van der Waals surface area contributed by atoms with Gasteiger partial charge in [0, 0.05) is 17.8 Å². The van der Waals surface area contributed by atoms with Gasteiger partial charge in [-0.3, -0.25) is 14.9 Å². The van der Waals surface area contributed by atoms with Crippen molar-refractivity contribution in [1.82, 2.24) is 5.43 Å². The lowest BCUT2D eigenvalue weighted by molar-refractivity contribution is -0.384. The largest absolute Gasteiger partial charge is 0.423 e. The number of ether oxygens (including phenoxy) is 1. The van der Waals surface area contributed by atoms with Gasteiger partial charge in [-0.25, -0.2) is 10.2 Å². The van der Waals surface area contributed by atoms with E-state index in [4.69, 9.17) is 4.74 Å². The number of carbonyl (C=O) groups excluding carboxylic acids is 2. The number of nitrogens with one attached hydrogen (secondary N) is 2. The fourth-order valence-electron chi connectivity index (χ4n) is 2.66. The van der Waals surface area contributed by atoms with Gasteiger partial charge in [-0.05, 0) is 66.6 Å². The second-order valence-electron chi connectivity index (χ2n) is 6.78. The third kappa shape index (κ3) is 6.49. The Morgan fingerprint density at radius 1 is 1.06 bits per heavy atom. The number of non-ortho nitro benzene ring substituents is 1. The molecule has 0 spiro atoms. The van der Waals surface area contributed by atoms with E-state index in [1.807, 2.05) is 31.2 Å². The molecule has 0 aliphatic heterocycles. The number of nitrogens with zero attached hydrogens (tertiary/aromatic N) is 2. The minimum atomic E-state index is -0.630. The van der Waals surface area contributed by atoms with Crippen LogP contribution in [0.4, 0.5) is 11.4 Å². The van der Waals surface area contributed by atoms with E-state index in [0.29, 0.717) is 11.3 Å². The quantitative estimate of drug-likeness (QED) is 0.184. The molecule has 0 radical (unpaired) electrons. The first-order chi connectivity index (χ1) is 15.4. The van der Waals surface area contributed by atoms with Gasteiger partial charge in [0.1, 0.15) is 5.75 Å². The number of benzene rings is 3. The third-order valence-corrected chi connectivity index (χ3v) is 4.28. The number of hydrogen-bond donors (Lipinski definition) is 2. The maximum absolute atomic E-state index is 12.1. The molecule has 0 unspecified atom stereocenters. The topological polar surface area (TPSA) is 123 Å². The van der Waals surface area contributed by atoms with Crippen molar-refractivity contribution in [2.45, 2.75) is 6.92 Å². The van der Waals surface area contributed by atoms with Crippen molar-refractivity contribution in [3.05, 3.63) is 99.6 Å². The fourth-order valence-corrected chi connectivity index (χ4v) is 2.66. The Morgan fingerprint density at radius 3 is 2.44 bits per heavy atom. The molecule has 32 heavy (non-hydrogen) atoms. The monoisotopic (exact) mass is 432 g/mol. The average Bonchev–Trinajstić information content (AvgIpc) is 2.79. The molecule has 0 bridgehead atoms. The maximum atomic E-state index is 12.1. The number of rotatable bonds is 8. The van der Waals surface area contributed by atoms with Crippen molar-refractivity contribution in [2.75, 3.05) is 11.9 Å².